The number of nitrogens with zero attached hydrogens (tertiary/aromatic N) is 2. The minimum Gasteiger partial charge on any atom is -0.356 e. The highest BCUT2D eigenvalue weighted by Crippen LogP contribution is 2.07. The summed E-state index contributed by atoms with van der Waals surface area (Å²) in [6, 6.07) is 8.14. The maximum atomic E-state index is 12.0. The lowest BCUT2D eigenvalue weighted by Gasteiger charge is -2.20. The van der Waals surface area contributed by atoms with Crippen LogP contribution in [0.15, 0.2) is 29.3 Å². The summed E-state index contributed by atoms with van der Waals surface area (Å²) >= 11 is 0. The number of guanidine groups is 1. The van der Waals surface area contributed by atoms with Crippen molar-refractivity contribution in [2.45, 2.75) is 33.2 Å². The lowest BCUT2D eigenvalue weighted by Crippen LogP contribution is -2.44. The molecule has 1 amide bonds. The van der Waals surface area contributed by atoms with Gasteiger partial charge in [-0.25, -0.2) is 0 Å². The highest BCUT2D eigenvalue weighted by Gasteiger charge is 2.10. The number of hydrogen-bond acceptors (Lipinski definition) is 2. The molecule has 2 N–H and O–H groups in total. The van der Waals surface area contributed by atoms with Crippen molar-refractivity contribution in [1.82, 2.24) is 15.5 Å². The van der Waals surface area contributed by atoms with Crippen LogP contribution in [0.1, 0.15) is 36.7 Å². The van der Waals surface area contributed by atoms with E-state index in [1.807, 2.05) is 24.3 Å². The highest BCUT2D eigenvalue weighted by molar-refractivity contribution is 5.94. The summed E-state index contributed by atoms with van der Waals surface area (Å²) in [6.45, 7) is 7.27. The SMILES string of the molecule is CN=C(NCCc1cccc(C(=O)N(C)C)c1)NC(C)C(C)C. The van der Waals surface area contributed by atoms with Gasteiger partial charge < -0.3 is 15.5 Å². The molecular formula is C18H30N4O. The zero-order valence-electron chi connectivity index (χ0n) is 15.2. The second-order valence-electron chi connectivity index (χ2n) is 6.33. The first-order valence-corrected chi connectivity index (χ1v) is 8.13. The average Bonchev–Trinajstić information content (AvgIpc) is 2.53. The molecule has 1 unspecified atom stereocenters. The largest absolute Gasteiger partial charge is 0.356 e. The van der Waals surface area contributed by atoms with Gasteiger partial charge in [-0.05, 0) is 37.0 Å². The van der Waals surface area contributed by atoms with Crippen molar-refractivity contribution in [3.8, 4) is 0 Å². The molecule has 5 nitrogen and oxygen atoms in total. The fourth-order valence-electron chi connectivity index (χ4n) is 2.02. The van der Waals surface area contributed by atoms with Gasteiger partial charge in [0.15, 0.2) is 5.96 Å². The van der Waals surface area contributed by atoms with Crippen LogP contribution in [0, 0.1) is 5.92 Å². The van der Waals surface area contributed by atoms with Crippen LogP contribution >= 0.6 is 0 Å². The number of aliphatic imine (C=N–C) groups is 1. The van der Waals surface area contributed by atoms with E-state index in [-0.39, 0.29) is 5.91 Å². The van der Waals surface area contributed by atoms with Crippen LogP contribution in [0.3, 0.4) is 0 Å². The minimum absolute atomic E-state index is 0.0306. The van der Waals surface area contributed by atoms with Gasteiger partial charge in [-0.15, -0.1) is 0 Å². The summed E-state index contributed by atoms with van der Waals surface area (Å²) < 4.78 is 0. The maximum Gasteiger partial charge on any atom is 0.253 e. The van der Waals surface area contributed by atoms with Crippen molar-refractivity contribution in [2.24, 2.45) is 10.9 Å². The van der Waals surface area contributed by atoms with E-state index >= 15 is 0 Å². The van der Waals surface area contributed by atoms with Gasteiger partial charge in [-0.1, -0.05) is 26.0 Å². The molecule has 0 aliphatic rings. The molecular weight excluding hydrogens is 288 g/mol. The maximum absolute atomic E-state index is 12.0. The Balaban J connectivity index is 2.55. The minimum atomic E-state index is 0.0306. The van der Waals surface area contributed by atoms with Crippen molar-refractivity contribution in [3.63, 3.8) is 0 Å². The summed E-state index contributed by atoms with van der Waals surface area (Å²) in [6.07, 6.45) is 0.839. The third-order valence-corrected chi connectivity index (χ3v) is 3.87. The van der Waals surface area contributed by atoms with Crippen molar-refractivity contribution in [3.05, 3.63) is 35.4 Å². The van der Waals surface area contributed by atoms with Gasteiger partial charge in [0.2, 0.25) is 0 Å². The second kappa shape index (κ2) is 9.18. The van der Waals surface area contributed by atoms with E-state index < -0.39 is 0 Å². The Morgan fingerprint density at radius 1 is 1.26 bits per heavy atom. The monoisotopic (exact) mass is 318 g/mol. The number of rotatable bonds is 6. The summed E-state index contributed by atoms with van der Waals surface area (Å²) in [5.41, 5.74) is 1.86. The lowest BCUT2D eigenvalue weighted by atomic mass is 10.1. The first-order valence-electron chi connectivity index (χ1n) is 8.13. The zero-order valence-corrected chi connectivity index (χ0v) is 15.2. The van der Waals surface area contributed by atoms with Gasteiger partial charge in [0.05, 0.1) is 0 Å². The summed E-state index contributed by atoms with van der Waals surface area (Å²) in [5.74, 6) is 1.39. The molecule has 1 atom stereocenters. The smallest absolute Gasteiger partial charge is 0.253 e. The van der Waals surface area contributed by atoms with E-state index in [0.717, 1.165) is 30.1 Å². The van der Waals surface area contributed by atoms with Crippen LogP contribution in [0.2, 0.25) is 0 Å². The van der Waals surface area contributed by atoms with Crippen LogP contribution in [0.5, 0.6) is 0 Å². The van der Waals surface area contributed by atoms with Gasteiger partial charge >= 0.3 is 0 Å². The van der Waals surface area contributed by atoms with Crippen LogP contribution < -0.4 is 10.6 Å². The molecule has 128 valence electrons. The predicted molar refractivity (Wildman–Crippen MR) is 97.0 cm³/mol. The number of hydrogen-bond donors (Lipinski definition) is 2. The fourth-order valence-corrected chi connectivity index (χ4v) is 2.02. The second-order valence-corrected chi connectivity index (χ2v) is 6.33. The van der Waals surface area contributed by atoms with E-state index in [9.17, 15) is 4.79 Å². The van der Waals surface area contributed by atoms with E-state index in [0.29, 0.717) is 12.0 Å². The first kappa shape index (κ1) is 19.0. The highest BCUT2D eigenvalue weighted by atomic mass is 16.2. The zero-order chi connectivity index (χ0) is 17.4. The molecule has 0 bridgehead atoms. The molecule has 0 saturated carbocycles. The molecule has 0 spiro atoms. The molecule has 0 aliphatic carbocycles. The predicted octanol–water partition coefficient (Wildman–Crippen LogP) is 2.14. The first-order chi connectivity index (χ1) is 10.8. The number of nitrogens with one attached hydrogen (secondary N) is 2. The molecule has 23 heavy (non-hydrogen) atoms. The molecule has 5 heteroatoms. The summed E-state index contributed by atoms with van der Waals surface area (Å²) in [7, 11) is 5.31. The van der Waals surface area contributed by atoms with Gasteiger partial charge in [-0.2, -0.15) is 0 Å². The van der Waals surface area contributed by atoms with Crippen LogP contribution in [0.25, 0.3) is 0 Å². The lowest BCUT2D eigenvalue weighted by molar-refractivity contribution is 0.0827. The topological polar surface area (TPSA) is 56.7 Å². The van der Waals surface area contributed by atoms with Crippen molar-refractivity contribution in [2.75, 3.05) is 27.7 Å². The van der Waals surface area contributed by atoms with E-state index in [1.165, 1.54) is 0 Å². The molecule has 0 aliphatic heterocycles. The Morgan fingerprint density at radius 3 is 2.52 bits per heavy atom. The Morgan fingerprint density at radius 2 is 1.96 bits per heavy atom. The molecule has 0 radical (unpaired) electrons. The number of carbonyl (C=O) groups is 1. The standard InChI is InChI=1S/C18H30N4O/c1-13(2)14(3)21-18(19-4)20-11-10-15-8-7-9-16(12-15)17(23)22(5)6/h7-9,12-14H,10-11H2,1-6H3,(H2,19,20,21). The molecule has 0 aromatic heterocycles. The van der Waals surface area contributed by atoms with Crippen LogP contribution in [-0.2, 0) is 6.42 Å². The van der Waals surface area contributed by atoms with E-state index in [1.54, 1.807) is 26.0 Å². The number of carbonyl (C=O) groups excluding carboxylic acids is 1. The average molecular weight is 318 g/mol. The van der Waals surface area contributed by atoms with E-state index in [4.69, 9.17) is 0 Å². The Kier molecular flexibility index (Phi) is 7.59. The molecule has 1 rings (SSSR count). The van der Waals surface area contributed by atoms with Gasteiger partial charge in [-0.3, -0.25) is 9.79 Å². The summed E-state index contributed by atoms with van der Waals surface area (Å²) in [4.78, 5) is 17.8. The Hall–Kier alpha value is -2.04. The fraction of sp³-hybridized carbons (Fsp3) is 0.556. The van der Waals surface area contributed by atoms with Crippen molar-refractivity contribution in [1.29, 1.82) is 0 Å². The quantitative estimate of drug-likeness (QED) is 0.624. The van der Waals surface area contributed by atoms with E-state index in [2.05, 4.69) is 36.4 Å². The summed E-state index contributed by atoms with van der Waals surface area (Å²) in [5, 5.41) is 6.69. The van der Waals surface area contributed by atoms with Gasteiger partial charge in [0.1, 0.15) is 0 Å². The molecule has 1 aromatic carbocycles. The van der Waals surface area contributed by atoms with Crippen molar-refractivity contribution >= 4 is 11.9 Å². The molecule has 0 heterocycles. The third-order valence-electron chi connectivity index (χ3n) is 3.87. The number of benzene rings is 1. The van der Waals surface area contributed by atoms with Crippen LogP contribution in [0.4, 0.5) is 0 Å². The van der Waals surface area contributed by atoms with Crippen LogP contribution in [-0.4, -0.2) is 50.5 Å². The molecule has 1 aromatic rings. The molecule has 0 saturated heterocycles. The Bertz CT molecular complexity index is 538. The third kappa shape index (κ3) is 6.30. The van der Waals surface area contributed by atoms with Gasteiger partial charge in [0.25, 0.3) is 5.91 Å². The normalized spacial score (nSPS) is 12.9. The van der Waals surface area contributed by atoms with Gasteiger partial charge in [0, 0.05) is 39.3 Å². The Labute approximate surface area is 140 Å². The number of amides is 1. The molecule has 0 fully saturated rings. The van der Waals surface area contributed by atoms with Crippen molar-refractivity contribution < 1.29 is 4.79 Å².